The second-order valence-corrected chi connectivity index (χ2v) is 8.38. The van der Waals surface area contributed by atoms with E-state index in [1.165, 1.54) is 4.90 Å². The van der Waals surface area contributed by atoms with Gasteiger partial charge in [0.05, 0.1) is 56.8 Å². The van der Waals surface area contributed by atoms with Gasteiger partial charge in [-0.25, -0.2) is 0 Å². The number of quaternary nitrogens is 1. The van der Waals surface area contributed by atoms with Crippen LogP contribution in [0.1, 0.15) is 32.3 Å². The van der Waals surface area contributed by atoms with Crippen molar-refractivity contribution in [3.8, 4) is 29.7 Å². The molecule has 2 N–H and O–H groups in total. The molecule has 4 atom stereocenters. The number of hydrogen-bond acceptors (Lipinski definition) is 6. The summed E-state index contributed by atoms with van der Waals surface area (Å²) in [6, 6.07) is 11.9. The zero-order valence-corrected chi connectivity index (χ0v) is 18.4. The minimum atomic E-state index is -1.72. The van der Waals surface area contributed by atoms with Gasteiger partial charge >= 0.3 is 0 Å². The molecule has 1 aromatic rings. The molecule has 0 saturated heterocycles. The summed E-state index contributed by atoms with van der Waals surface area (Å²) in [6.07, 6.45) is 2.00. The van der Waals surface area contributed by atoms with Crippen molar-refractivity contribution in [1.82, 2.24) is 0 Å². The van der Waals surface area contributed by atoms with Crippen molar-refractivity contribution in [2.75, 3.05) is 26.7 Å². The smallest absolute Gasteiger partial charge is 0.189 e. The number of fused-ring (bicyclic) bond motifs is 1. The average Bonchev–Trinajstić information content (AvgIpc) is 2.78. The van der Waals surface area contributed by atoms with Gasteiger partial charge in [0.1, 0.15) is 5.92 Å². The molecule has 0 aromatic heterocycles. The second kappa shape index (κ2) is 8.80. The van der Waals surface area contributed by atoms with Crippen LogP contribution in [-0.4, -0.2) is 38.6 Å². The van der Waals surface area contributed by atoms with Crippen LogP contribution in [0.2, 0.25) is 0 Å². The van der Waals surface area contributed by atoms with Crippen molar-refractivity contribution in [2.45, 2.75) is 32.8 Å². The summed E-state index contributed by atoms with van der Waals surface area (Å²) in [7, 11) is 1.55. The van der Waals surface area contributed by atoms with Crippen molar-refractivity contribution in [3.63, 3.8) is 0 Å². The van der Waals surface area contributed by atoms with E-state index in [-0.39, 0.29) is 17.7 Å². The van der Waals surface area contributed by atoms with Crippen LogP contribution in [0.15, 0.2) is 29.8 Å². The van der Waals surface area contributed by atoms with E-state index in [0.29, 0.717) is 18.0 Å². The average molecular weight is 419 g/mol. The van der Waals surface area contributed by atoms with Gasteiger partial charge in [-0.15, -0.1) is 0 Å². The highest BCUT2D eigenvalue weighted by Crippen LogP contribution is 2.53. The molecule has 2 unspecified atom stereocenters. The largest absolute Gasteiger partial charge is 0.493 e. The van der Waals surface area contributed by atoms with Gasteiger partial charge in [-0.05, 0) is 50.1 Å². The van der Waals surface area contributed by atoms with Gasteiger partial charge in [-0.1, -0.05) is 6.07 Å². The molecule has 0 bridgehead atoms. The van der Waals surface area contributed by atoms with Crippen molar-refractivity contribution >= 4 is 5.71 Å². The molecule has 2 aliphatic rings. The molecule has 7 heteroatoms. The lowest BCUT2D eigenvalue weighted by molar-refractivity contribution is -0.897. The normalized spacial score (nSPS) is 26.6. The predicted molar refractivity (Wildman–Crippen MR) is 115 cm³/mol. The van der Waals surface area contributed by atoms with Crippen molar-refractivity contribution in [2.24, 2.45) is 17.3 Å². The van der Waals surface area contributed by atoms with Crippen LogP contribution in [0.25, 0.3) is 0 Å². The molecule has 0 radical (unpaired) electrons. The van der Waals surface area contributed by atoms with Crippen LogP contribution >= 0.6 is 0 Å². The zero-order chi connectivity index (χ0) is 22.8. The third-order valence-corrected chi connectivity index (χ3v) is 6.37. The van der Waals surface area contributed by atoms with E-state index in [9.17, 15) is 15.8 Å². The highest BCUT2D eigenvalue weighted by atomic mass is 16.5. The molecule has 1 aromatic carbocycles. The SMILES string of the molecule is CC[NH+]1CC=C2C(C#N)C(=N)C(C#N)(C#N)[C@H](c3ccc(OC(C)C)c(OC)c3)[C@@H]2C1. The summed E-state index contributed by atoms with van der Waals surface area (Å²) < 4.78 is 11.4. The maximum atomic E-state index is 10.2. The lowest BCUT2D eigenvalue weighted by atomic mass is 9.54. The summed E-state index contributed by atoms with van der Waals surface area (Å²) in [6.45, 7) is 8.33. The lowest BCUT2D eigenvalue weighted by Crippen LogP contribution is -3.13. The van der Waals surface area contributed by atoms with Gasteiger partial charge in [0, 0.05) is 11.8 Å². The Hall–Kier alpha value is -3.34. The maximum absolute atomic E-state index is 10.2. The molecule has 1 saturated carbocycles. The van der Waals surface area contributed by atoms with Gasteiger partial charge in [0.2, 0.25) is 0 Å². The minimum absolute atomic E-state index is 0.0362. The first-order valence-corrected chi connectivity index (χ1v) is 10.6. The van der Waals surface area contributed by atoms with E-state index in [0.717, 1.165) is 24.2 Å². The maximum Gasteiger partial charge on any atom is 0.189 e. The highest BCUT2D eigenvalue weighted by Gasteiger charge is 2.58. The van der Waals surface area contributed by atoms with Crippen LogP contribution in [0, 0.1) is 56.7 Å². The van der Waals surface area contributed by atoms with Crippen LogP contribution < -0.4 is 14.4 Å². The number of nitriles is 3. The van der Waals surface area contributed by atoms with E-state index in [1.807, 2.05) is 32.1 Å². The van der Waals surface area contributed by atoms with Gasteiger partial charge < -0.3 is 19.8 Å². The molecular weight excluding hydrogens is 390 g/mol. The Kier molecular flexibility index (Phi) is 6.34. The van der Waals surface area contributed by atoms with E-state index in [4.69, 9.17) is 14.9 Å². The number of nitrogens with one attached hydrogen (secondary N) is 2. The third-order valence-electron chi connectivity index (χ3n) is 6.37. The molecule has 3 rings (SSSR count). The summed E-state index contributed by atoms with van der Waals surface area (Å²) >= 11 is 0. The molecule has 1 fully saturated rings. The third kappa shape index (κ3) is 3.65. The number of methoxy groups -OCH3 is 1. The fourth-order valence-corrected chi connectivity index (χ4v) is 4.86. The van der Waals surface area contributed by atoms with E-state index < -0.39 is 17.3 Å². The number of ether oxygens (including phenoxy) is 2. The Morgan fingerprint density at radius 2 is 1.94 bits per heavy atom. The monoisotopic (exact) mass is 418 g/mol. The summed E-state index contributed by atoms with van der Waals surface area (Å²) in [4.78, 5) is 1.32. The molecule has 31 heavy (non-hydrogen) atoms. The zero-order valence-electron chi connectivity index (χ0n) is 18.4. The first-order valence-electron chi connectivity index (χ1n) is 10.6. The van der Waals surface area contributed by atoms with Crippen molar-refractivity contribution in [3.05, 3.63) is 35.4 Å². The van der Waals surface area contributed by atoms with Crippen LogP contribution in [-0.2, 0) is 0 Å². The van der Waals surface area contributed by atoms with Crippen LogP contribution in [0.4, 0.5) is 0 Å². The van der Waals surface area contributed by atoms with E-state index in [1.54, 1.807) is 13.2 Å². The number of hydrogen-bond donors (Lipinski definition) is 2. The number of nitrogens with zero attached hydrogens (tertiary/aromatic N) is 3. The van der Waals surface area contributed by atoms with Gasteiger partial charge in [0.25, 0.3) is 0 Å². The molecule has 7 nitrogen and oxygen atoms in total. The number of rotatable bonds is 5. The lowest BCUT2D eigenvalue weighted by Gasteiger charge is -2.46. The Morgan fingerprint density at radius 3 is 2.48 bits per heavy atom. The summed E-state index contributed by atoms with van der Waals surface area (Å²) in [5.41, 5.74) is -0.249. The molecular formula is C24H28N5O2+. The Balaban J connectivity index is 2.22. The van der Waals surface area contributed by atoms with E-state index >= 15 is 0 Å². The quantitative estimate of drug-likeness (QED) is 0.711. The first kappa shape index (κ1) is 22.3. The van der Waals surface area contributed by atoms with Crippen molar-refractivity contribution in [1.29, 1.82) is 21.2 Å². The molecule has 160 valence electrons. The molecule has 0 amide bonds. The number of benzene rings is 1. The molecule has 0 spiro atoms. The van der Waals surface area contributed by atoms with Crippen LogP contribution in [0.3, 0.4) is 0 Å². The standard InChI is InChI=1S/C24H27N5O2/c1-5-29-9-8-17-18(11-25)23(28)24(13-26,14-27)22(19(17)12-29)16-6-7-20(31-15(2)3)21(10-16)30-4/h6-8,10,15,18-19,22,28H,5,9,12H2,1-4H3/p+1/t18?,19-,22-/m1/s1. The first-order chi connectivity index (χ1) is 14.9. The number of likely N-dealkylation sites (N-methyl/N-ethyl adjacent to an activating group) is 1. The van der Waals surface area contributed by atoms with Crippen LogP contribution in [0.5, 0.6) is 11.5 Å². The van der Waals surface area contributed by atoms with E-state index in [2.05, 4.69) is 25.1 Å². The molecule has 1 aliphatic carbocycles. The predicted octanol–water partition coefficient (Wildman–Crippen LogP) is 2.23. The Labute approximate surface area is 183 Å². The molecule has 1 aliphatic heterocycles. The Bertz CT molecular complexity index is 1010. The highest BCUT2D eigenvalue weighted by molar-refractivity contribution is 6.00. The fraction of sp³-hybridized carbons (Fsp3) is 0.500. The summed E-state index contributed by atoms with van der Waals surface area (Å²) in [5, 5.41) is 38.9. The topological polar surface area (TPSA) is 118 Å². The fourth-order valence-electron chi connectivity index (χ4n) is 4.86. The second-order valence-electron chi connectivity index (χ2n) is 8.38. The van der Waals surface area contributed by atoms with Crippen molar-refractivity contribution < 1.29 is 14.4 Å². The van der Waals surface area contributed by atoms with Gasteiger partial charge in [0.15, 0.2) is 16.9 Å². The summed E-state index contributed by atoms with van der Waals surface area (Å²) in [5.74, 6) is -0.504. The minimum Gasteiger partial charge on any atom is -0.493 e. The Morgan fingerprint density at radius 1 is 1.23 bits per heavy atom. The molecule has 1 heterocycles. The van der Waals surface area contributed by atoms with Gasteiger partial charge in [-0.2, -0.15) is 15.8 Å². The van der Waals surface area contributed by atoms with Gasteiger partial charge in [-0.3, -0.25) is 0 Å².